The molecule has 54 valence electrons. The van der Waals surface area contributed by atoms with E-state index in [9.17, 15) is 10.1 Å². The Morgan fingerprint density at radius 1 is 1.70 bits per heavy atom. The largest absolute Gasteiger partial charge is 0.262 e. The highest BCUT2D eigenvalue weighted by atomic mass is 16.6. The number of nitro groups is 1. The van der Waals surface area contributed by atoms with Gasteiger partial charge >= 0.3 is 0 Å². The summed E-state index contributed by atoms with van der Waals surface area (Å²) in [6.45, 7) is 8.38. The minimum absolute atomic E-state index is 0.114. The third kappa shape index (κ3) is 2.81. The molecule has 0 aliphatic rings. The van der Waals surface area contributed by atoms with Gasteiger partial charge in [-0.2, -0.15) is 0 Å². The van der Waals surface area contributed by atoms with Crippen molar-refractivity contribution >= 4 is 0 Å². The van der Waals surface area contributed by atoms with Crippen LogP contribution >= 0.6 is 0 Å². The Bertz CT molecular complexity index is 204. The lowest BCUT2D eigenvalue weighted by Gasteiger charge is -1.88. The first-order valence-corrected chi connectivity index (χ1v) is 2.72. The van der Waals surface area contributed by atoms with Gasteiger partial charge in [0.2, 0.25) is 0 Å². The summed E-state index contributed by atoms with van der Waals surface area (Å²) >= 11 is 0. The van der Waals surface area contributed by atoms with Crippen LogP contribution in [0.3, 0.4) is 0 Å². The lowest BCUT2D eigenvalue weighted by atomic mass is 10.2. The molecular weight excluding hydrogens is 130 g/mol. The normalized spacial score (nSPS) is 10.7. The Balaban J connectivity index is 4.27. The molecule has 0 spiro atoms. The number of rotatable bonds is 3. The van der Waals surface area contributed by atoms with Crippen LogP contribution in [0.5, 0.6) is 0 Å². The molecule has 0 amide bonds. The first kappa shape index (κ1) is 8.62. The van der Waals surface area contributed by atoms with Crippen molar-refractivity contribution in [3.05, 3.63) is 46.7 Å². The highest BCUT2D eigenvalue weighted by Crippen LogP contribution is 2.00. The topological polar surface area (TPSA) is 43.1 Å². The van der Waals surface area contributed by atoms with E-state index in [4.69, 9.17) is 0 Å². The number of nitrogens with zero attached hydrogens (tertiary/aromatic N) is 1. The maximum absolute atomic E-state index is 9.98. The van der Waals surface area contributed by atoms with Crippen molar-refractivity contribution in [2.24, 2.45) is 0 Å². The Hall–Kier alpha value is -1.38. The summed E-state index contributed by atoms with van der Waals surface area (Å²) < 4.78 is 0. The van der Waals surface area contributed by atoms with Crippen LogP contribution in [0.2, 0.25) is 0 Å². The monoisotopic (exact) mass is 139 g/mol. The van der Waals surface area contributed by atoms with E-state index in [1.165, 1.54) is 12.2 Å². The Kier molecular flexibility index (Phi) is 3.11. The average molecular weight is 139 g/mol. The standard InChI is InChI=1S/C7H9NO2/c1-4-6(2)5-7(3)8(9)10/h4-5H,1,3H2,2H3/b6-5-. The maximum Gasteiger partial charge on any atom is 0.262 e. The van der Waals surface area contributed by atoms with E-state index in [0.717, 1.165) is 5.57 Å². The van der Waals surface area contributed by atoms with Gasteiger partial charge in [0.15, 0.2) is 0 Å². The fourth-order valence-electron chi connectivity index (χ4n) is 0.374. The van der Waals surface area contributed by atoms with Crippen LogP contribution in [-0.2, 0) is 0 Å². The molecule has 0 aromatic carbocycles. The van der Waals surface area contributed by atoms with E-state index in [1.807, 2.05) is 0 Å². The molecule has 0 radical (unpaired) electrons. The van der Waals surface area contributed by atoms with Crippen molar-refractivity contribution in [3.63, 3.8) is 0 Å². The molecule has 3 heteroatoms. The summed E-state index contributed by atoms with van der Waals surface area (Å²) in [6.07, 6.45) is 2.90. The molecule has 0 saturated heterocycles. The summed E-state index contributed by atoms with van der Waals surface area (Å²) in [7, 11) is 0. The van der Waals surface area contributed by atoms with Gasteiger partial charge in [-0.3, -0.25) is 10.1 Å². The fourth-order valence-corrected chi connectivity index (χ4v) is 0.374. The predicted molar refractivity (Wildman–Crippen MR) is 40.1 cm³/mol. The highest BCUT2D eigenvalue weighted by Gasteiger charge is 1.99. The molecule has 0 fully saturated rings. The van der Waals surface area contributed by atoms with Gasteiger partial charge in [0, 0.05) is 6.08 Å². The van der Waals surface area contributed by atoms with Crippen molar-refractivity contribution in [2.45, 2.75) is 6.92 Å². The molecule has 0 aliphatic heterocycles. The van der Waals surface area contributed by atoms with Gasteiger partial charge in [-0.15, -0.1) is 0 Å². The molecule has 0 rings (SSSR count). The van der Waals surface area contributed by atoms with Crippen LogP contribution in [0.4, 0.5) is 0 Å². The molecule has 0 heterocycles. The SMILES string of the molecule is C=C/C(C)=C\C(=C)[N+](=O)[O-]. The number of hydrogen-bond donors (Lipinski definition) is 0. The first-order valence-electron chi connectivity index (χ1n) is 2.72. The van der Waals surface area contributed by atoms with Crippen LogP contribution < -0.4 is 0 Å². The summed E-state index contributed by atoms with van der Waals surface area (Å²) in [6, 6.07) is 0. The summed E-state index contributed by atoms with van der Waals surface area (Å²) in [4.78, 5) is 9.44. The smallest absolute Gasteiger partial charge is 0.258 e. The molecular formula is C7H9NO2. The zero-order valence-corrected chi connectivity index (χ0v) is 5.83. The molecule has 0 aromatic rings. The lowest BCUT2D eigenvalue weighted by Crippen LogP contribution is -1.92. The van der Waals surface area contributed by atoms with Crippen LogP contribution in [0.1, 0.15) is 6.92 Å². The van der Waals surface area contributed by atoms with Crippen LogP contribution in [0.25, 0.3) is 0 Å². The minimum atomic E-state index is -0.535. The van der Waals surface area contributed by atoms with Crippen molar-refractivity contribution in [1.82, 2.24) is 0 Å². The first-order chi connectivity index (χ1) is 4.57. The lowest BCUT2D eigenvalue weighted by molar-refractivity contribution is -0.418. The van der Waals surface area contributed by atoms with E-state index in [1.54, 1.807) is 6.92 Å². The van der Waals surface area contributed by atoms with E-state index in [0.29, 0.717) is 0 Å². The fraction of sp³-hybridized carbons (Fsp3) is 0.143. The molecule has 0 aliphatic carbocycles. The summed E-state index contributed by atoms with van der Waals surface area (Å²) in [5, 5.41) is 9.98. The van der Waals surface area contributed by atoms with Crippen LogP contribution in [-0.4, -0.2) is 4.92 Å². The van der Waals surface area contributed by atoms with E-state index >= 15 is 0 Å². The molecule has 10 heavy (non-hydrogen) atoms. The van der Waals surface area contributed by atoms with Gasteiger partial charge < -0.3 is 0 Å². The number of hydrogen-bond acceptors (Lipinski definition) is 2. The average Bonchev–Trinajstić information content (AvgIpc) is 1.87. The van der Waals surface area contributed by atoms with Crippen LogP contribution in [0.15, 0.2) is 36.6 Å². The molecule has 0 atom stereocenters. The van der Waals surface area contributed by atoms with Gasteiger partial charge in [-0.25, -0.2) is 0 Å². The second-order valence-electron chi connectivity index (χ2n) is 1.84. The van der Waals surface area contributed by atoms with Crippen molar-refractivity contribution in [3.8, 4) is 0 Å². The maximum atomic E-state index is 9.98. The van der Waals surface area contributed by atoms with E-state index in [2.05, 4.69) is 13.2 Å². The molecule has 0 bridgehead atoms. The number of allylic oxidation sites excluding steroid dienone is 3. The minimum Gasteiger partial charge on any atom is -0.258 e. The zero-order chi connectivity index (χ0) is 8.15. The molecule has 0 N–H and O–H groups in total. The van der Waals surface area contributed by atoms with Gasteiger partial charge in [-0.1, -0.05) is 12.7 Å². The van der Waals surface area contributed by atoms with Gasteiger partial charge in [0.25, 0.3) is 5.70 Å². The van der Waals surface area contributed by atoms with Gasteiger partial charge in [0.05, 0.1) is 4.92 Å². The second-order valence-corrected chi connectivity index (χ2v) is 1.84. The van der Waals surface area contributed by atoms with E-state index < -0.39 is 4.92 Å². The second kappa shape index (κ2) is 3.61. The Labute approximate surface area is 59.5 Å². The van der Waals surface area contributed by atoms with Crippen molar-refractivity contribution in [1.29, 1.82) is 0 Å². The van der Waals surface area contributed by atoms with Crippen LogP contribution in [0, 0.1) is 10.1 Å². The Morgan fingerprint density at radius 2 is 2.20 bits per heavy atom. The van der Waals surface area contributed by atoms with E-state index in [-0.39, 0.29) is 5.70 Å². The highest BCUT2D eigenvalue weighted by molar-refractivity contribution is 5.21. The zero-order valence-electron chi connectivity index (χ0n) is 5.83. The van der Waals surface area contributed by atoms with Gasteiger partial charge in [0.1, 0.15) is 0 Å². The predicted octanol–water partition coefficient (Wildman–Crippen LogP) is 1.91. The third-order valence-corrected chi connectivity index (χ3v) is 0.951. The van der Waals surface area contributed by atoms with Gasteiger partial charge in [-0.05, 0) is 19.1 Å². The molecule has 0 saturated carbocycles. The van der Waals surface area contributed by atoms with Crippen molar-refractivity contribution in [2.75, 3.05) is 0 Å². The summed E-state index contributed by atoms with van der Waals surface area (Å²) in [5.74, 6) is 0. The van der Waals surface area contributed by atoms with Crippen molar-refractivity contribution < 1.29 is 4.92 Å². The quantitative estimate of drug-likeness (QED) is 0.340. The molecule has 3 nitrogen and oxygen atoms in total. The Morgan fingerprint density at radius 3 is 2.50 bits per heavy atom. The third-order valence-electron chi connectivity index (χ3n) is 0.951. The summed E-state index contributed by atoms with van der Waals surface area (Å²) in [5.41, 5.74) is 0.624. The molecule has 0 aromatic heterocycles. The molecule has 0 unspecified atom stereocenters.